The molecule has 1 aliphatic heterocycles. The second-order valence-electron chi connectivity index (χ2n) is 10.1. The number of ether oxygens (including phenoxy) is 1. The minimum Gasteiger partial charge on any atom is -0.489 e. The average molecular weight is 493 g/mol. The number of benzene rings is 4. The van der Waals surface area contributed by atoms with E-state index in [1.165, 1.54) is 27.5 Å². The molecule has 0 aromatic heterocycles. The molecule has 0 bridgehead atoms. The largest absolute Gasteiger partial charge is 0.489 e. The van der Waals surface area contributed by atoms with E-state index < -0.39 is 0 Å². The summed E-state index contributed by atoms with van der Waals surface area (Å²) in [5.74, 6) is 1.21. The highest BCUT2D eigenvalue weighted by Gasteiger charge is 2.30. The second-order valence-corrected chi connectivity index (χ2v) is 10.1. The van der Waals surface area contributed by atoms with Crippen molar-refractivity contribution < 1.29 is 9.53 Å². The predicted molar refractivity (Wildman–Crippen MR) is 152 cm³/mol. The SMILES string of the molecule is CCN(C)C(=O)c1cc(C2CC(CNCCc3cccc4ccccc34)Oc3ccccc32)ccc1C. The zero-order valence-corrected chi connectivity index (χ0v) is 22.0. The molecule has 190 valence electrons. The van der Waals surface area contributed by atoms with Crippen LogP contribution in [0.3, 0.4) is 0 Å². The lowest BCUT2D eigenvalue weighted by atomic mass is 9.83. The zero-order chi connectivity index (χ0) is 25.8. The molecule has 0 saturated heterocycles. The van der Waals surface area contributed by atoms with Gasteiger partial charge in [0.05, 0.1) is 0 Å². The van der Waals surface area contributed by atoms with Gasteiger partial charge in [0, 0.05) is 37.2 Å². The number of aryl methyl sites for hydroxylation is 1. The van der Waals surface area contributed by atoms with Crippen LogP contribution in [-0.4, -0.2) is 43.6 Å². The highest BCUT2D eigenvalue weighted by atomic mass is 16.5. The molecule has 1 heterocycles. The minimum absolute atomic E-state index is 0.0613. The van der Waals surface area contributed by atoms with E-state index in [0.717, 1.165) is 42.8 Å². The van der Waals surface area contributed by atoms with Crippen LogP contribution in [0.2, 0.25) is 0 Å². The van der Waals surface area contributed by atoms with Crippen LogP contribution in [0.1, 0.15) is 51.9 Å². The van der Waals surface area contributed by atoms with Crippen molar-refractivity contribution in [1.82, 2.24) is 10.2 Å². The summed E-state index contributed by atoms with van der Waals surface area (Å²) in [5, 5.41) is 6.26. The van der Waals surface area contributed by atoms with Crippen LogP contribution in [-0.2, 0) is 6.42 Å². The summed E-state index contributed by atoms with van der Waals surface area (Å²) in [4.78, 5) is 14.8. The molecule has 0 radical (unpaired) electrons. The Hall–Kier alpha value is -3.63. The molecule has 1 aliphatic rings. The summed E-state index contributed by atoms with van der Waals surface area (Å²) in [6.45, 7) is 6.39. The summed E-state index contributed by atoms with van der Waals surface area (Å²) in [5.41, 5.74) is 5.54. The van der Waals surface area contributed by atoms with Gasteiger partial charge >= 0.3 is 0 Å². The Bertz CT molecular complexity index is 1390. The van der Waals surface area contributed by atoms with E-state index in [1.807, 2.05) is 27.0 Å². The number of hydrogen-bond acceptors (Lipinski definition) is 3. The van der Waals surface area contributed by atoms with Crippen LogP contribution in [0.25, 0.3) is 10.8 Å². The van der Waals surface area contributed by atoms with Crippen molar-refractivity contribution in [3.8, 4) is 5.75 Å². The van der Waals surface area contributed by atoms with Crippen LogP contribution in [0.5, 0.6) is 5.75 Å². The maximum absolute atomic E-state index is 13.0. The van der Waals surface area contributed by atoms with Gasteiger partial charge in [-0.2, -0.15) is 0 Å². The molecule has 4 aromatic rings. The lowest BCUT2D eigenvalue weighted by Crippen LogP contribution is -2.36. The Kier molecular flexibility index (Phi) is 7.57. The number of hydrogen-bond donors (Lipinski definition) is 1. The maximum atomic E-state index is 13.0. The number of fused-ring (bicyclic) bond motifs is 2. The number of nitrogens with zero attached hydrogens (tertiary/aromatic N) is 1. The Balaban J connectivity index is 1.30. The third-order valence-corrected chi connectivity index (χ3v) is 7.63. The Morgan fingerprint density at radius 3 is 2.65 bits per heavy atom. The first kappa shape index (κ1) is 25.0. The van der Waals surface area contributed by atoms with E-state index in [4.69, 9.17) is 4.74 Å². The van der Waals surface area contributed by atoms with Crippen LogP contribution in [0.15, 0.2) is 84.9 Å². The first-order chi connectivity index (χ1) is 18.0. The van der Waals surface area contributed by atoms with Gasteiger partial charge < -0.3 is 15.0 Å². The summed E-state index contributed by atoms with van der Waals surface area (Å²) in [6, 6.07) is 29.8. The molecule has 0 saturated carbocycles. The summed E-state index contributed by atoms with van der Waals surface area (Å²) in [7, 11) is 1.86. The van der Waals surface area contributed by atoms with E-state index in [1.54, 1.807) is 4.90 Å². The summed E-state index contributed by atoms with van der Waals surface area (Å²) < 4.78 is 6.43. The van der Waals surface area contributed by atoms with Gasteiger partial charge in [-0.05, 0) is 72.8 Å². The van der Waals surface area contributed by atoms with E-state index in [0.29, 0.717) is 6.54 Å². The first-order valence-corrected chi connectivity index (χ1v) is 13.3. The molecule has 0 aliphatic carbocycles. The lowest BCUT2D eigenvalue weighted by molar-refractivity contribution is 0.0801. The fourth-order valence-corrected chi connectivity index (χ4v) is 5.37. The van der Waals surface area contributed by atoms with Crippen molar-refractivity contribution in [2.24, 2.45) is 0 Å². The molecule has 0 fully saturated rings. The van der Waals surface area contributed by atoms with Gasteiger partial charge in [0.1, 0.15) is 11.9 Å². The molecule has 4 nitrogen and oxygen atoms in total. The molecule has 4 heteroatoms. The van der Waals surface area contributed by atoms with Gasteiger partial charge in [0.25, 0.3) is 5.91 Å². The number of rotatable bonds is 8. The molecular weight excluding hydrogens is 456 g/mol. The molecular formula is C33H36N2O2. The number of nitrogens with one attached hydrogen (secondary N) is 1. The highest BCUT2D eigenvalue weighted by molar-refractivity contribution is 5.95. The minimum atomic E-state index is 0.0613. The summed E-state index contributed by atoms with van der Waals surface area (Å²) in [6.07, 6.45) is 1.91. The zero-order valence-electron chi connectivity index (χ0n) is 22.0. The average Bonchev–Trinajstić information content (AvgIpc) is 2.94. The van der Waals surface area contributed by atoms with Crippen LogP contribution >= 0.6 is 0 Å². The monoisotopic (exact) mass is 492 g/mol. The molecule has 1 amide bonds. The van der Waals surface area contributed by atoms with Gasteiger partial charge in [0.2, 0.25) is 0 Å². The molecule has 1 N–H and O–H groups in total. The molecule has 2 unspecified atom stereocenters. The lowest BCUT2D eigenvalue weighted by Gasteiger charge is -2.33. The normalized spacial score (nSPS) is 16.7. The van der Waals surface area contributed by atoms with Crippen LogP contribution < -0.4 is 10.1 Å². The van der Waals surface area contributed by atoms with Crippen LogP contribution in [0, 0.1) is 6.92 Å². The smallest absolute Gasteiger partial charge is 0.253 e. The van der Waals surface area contributed by atoms with Gasteiger partial charge in [-0.3, -0.25) is 4.79 Å². The van der Waals surface area contributed by atoms with Gasteiger partial charge in [-0.25, -0.2) is 0 Å². The standard InChI is InChI=1S/C33H36N2O2/c1-4-35(3)33(36)30-20-26(17-16-23(30)2)31-21-27(37-32-15-8-7-14-29(31)32)22-34-19-18-25-12-9-11-24-10-5-6-13-28(24)25/h5-17,20,27,31,34H,4,18-19,21-22H2,1-3H3. The molecule has 37 heavy (non-hydrogen) atoms. The predicted octanol–water partition coefficient (Wildman–Crippen LogP) is 6.36. The number of carbonyl (C=O) groups is 1. The Labute approximate surface area is 220 Å². The van der Waals surface area contributed by atoms with Crippen molar-refractivity contribution in [3.05, 3.63) is 113 Å². The van der Waals surface area contributed by atoms with Crippen molar-refractivity contribution in [2.75, 3.05) is 26.7 Å². The number of para-hydroxylation sites is 1. The van der Waals surface area contributed by atoms with E-state index in [9.17, 15) is 4.79 Å². The fraction of sp³-hybridized carbons (Fsp3) is 0.303. The van der Waals surface area contributed by atoms with Crippen molar-refractivity contribution >= 4 is 16.7 Å². The third-order valence-electron chi connectivity index (χ3n) is 7.63. The third kappa shape index (κ3) is 5.40. The molecule has 5 rings (SSSR count). The van der Waals surface area contributed by atoms with Gasteiger partial charge in [0.15, 0.2) is 0 Å². The fourth-order valence-electron chi connectivity index (χ4n) is 5.37. The van der Waals surface area contributed by atoms with Crippen molar-refractivity contribution in [2.45, 2.75) is 38.7 Å². The van der Waals surface area contributed by atoms with Crippen LogP contribution in [0.4, 0.5) is 0 Å². The van der Waals surface area contributed by atoms with Gasteiger partial charge in [-0.1, -0.05) is 72.8 Å². The highest BCUT2D eigenvalue weighted by Crippen LogP contribution is 2.40. The molecule has 4 aromatic carbocycles. The molecule has 0 spiro atoms. The topological polar surface area (TPSA) is 41.6 Å². The Morgan fingerprint density at radius 1 is 1.00 bits per heavy atom. The number of carbonyl (C=O) groups excluding carboxylic acids is 1. The van der Waals surface area contributed by atoms with Crippen molar-refractivity contribution in [1.29, 1.82) is 0 Å². The first-order valence-electron chi connectivity index (χ1n) is 13.3. The molecule has 2 atom stereocenters. The van der Waals surface area contributed by atoms with Gasteiger partial charge in [-0.15, -0.1) is 0 Å². The quantitative estimate of drug-likeness (QED) is 0.291. The second kappa shape index (κ2) is 11.2. The maximum Gasteiger partial charge on any atom is 0.253 e. The van der Waals surface area contributed by atoms with Crippen molar-refractivity contribution in [3.63, 3.8) is 0 Å². The number of amides is 1. The van der Waals surface area contributed by atoms with E-state index in [2.05, 4.69) is 84.2 Å². The van der Waals surface area contributed by atoms with E-state index >= 15 is 0 Å². The van der Waals surface area contributed by atoms with E-state index in [-0.39, 0.29) is 17.9 Å². The Morgan fingerprint density at radius 2 is 1.78 bits per heavy atom. The summed E-state index contributed by atoms with van der Waals surface area (Å²) >= 11 is 0.